The van der Waals surface area contributed by atoms with Crippen molar-refractivity contribution >= 4 is 183 Å². The molecule has 9 N–H and O–H groups in total. The predicted octanol–water partition coefficient (Wildman–Crippen LogP) is 16.4. The summed E-state index contributed by atoms with van der Waals surface area (Å²) in [5.74, 6) is -3.59. The number of halogens is 6. The summed E-state index contributed by atoms with van der Waals surface area (Å²) in [5, 5.41) is 49.8. The Labute approximate surface area is 789 Å². The molecule has 0 spiro atoms. The summed E-state index contributed by atoms with van der Waals surface area (Å²) < 4.78 is 21.7. The molecule has 36 heteroatoms. The number of benzene rings is 5. The number of anilines is 3. The third kappa shape index (κ3) is 34.2. The minimum Gasteiger partial charge on any atom is -0.512 e. The van der Waals surface area contributed by atoms with E-state index >= 15 is 0 Å². The number of nitrogen functional groups attached to an aromatic ring is 1. The number of carbonyl (C=O) groups excluding carboxylic acids is 9. The minimum atomic E-state index is -1.10. The van der Waals surface area contributed by atoms with Crippen molar-refractivity contribution in [3.8, 4) is 6.07 Å². The zero-order chi connectivity index (χ0) is 90.7. The zero-order valence-electron chi connectivity index (χ0n) is 69.2. The van der Waals surface area contributed by atoms with Crippen molar-refractivity contribution in [3.05, 3.63) is 229 Å². The van der Waals surface area contributed by atoms with Crippen LogP contribution in [0.4, 0.5) is 24.6 Å². The average Bonchev–Trinajstić information content (AvgIpc) is 1.64. The van der Waals surface area contributed by atoms with Gasteiger partial charge in [0, 0.05) is 74.5 Å². The van der Waals surface area contributed by atoms with E-state index in [1.807, 2.05) is 41.5 Å². The fourth-order valence-corrected chi connectivity index (χ4v) is 14.3. The van der Waals surface area contributed by atoms with E-state index in [-0.39, 0.29) is 113 Å². The number of amides is 4. The van der Waals surface area contributed by atoms with Crippen LogP contribution in [0.25, 0.3) is 0 Å². The number of hydrogen-bond donors (Lipinski definition) is 7. The van der Waals surface area contributed by atoms with Crippen LogP contribution in [0, 0.1) is 64.7 Å². The van der Waals surface area contributed by atoms with Crippen molar-refractivity contribution in [3.63, 3.8) is 0 Å². The van der Waals surface area contributed by atoms with E-state index in [0.717, 1.165) is 43.1 Å². The molecule has 2 fully saturated rings. The molecule has 10 rings (SSSR count). The molecule has 646 valence electrons. The molecule has 2 aliphatic heterocycles. The second kappa shape index (κ2) is 50.7. The maximum absolute atomic E-state index is 13.3. The molecule has 2 aliphatic rings. The van der Waals surface area contributed by atoms with Crippen LogP contribution in [0.15, 0.2) is 121 Å². The normalized spacial score (nSPS) is 13.9. The molecular weight excluding hydrogens is 1770 g/mol. The first-order chi connectivity index (χ1) is 55.3. The molecule has 121 heavy (non-hydrogen) atoms. The number of aliphatic hydroxyl groups is 1. The second-order valence-electron chi connectivity index (χ2n) is 28.7. The molecule has 26 nitrogen and oxygen atoms in total. The number of nitrogens with one attached hydrogen (secondary N) is 2. The van der Waals surface area contributed by atoms with Crippen LogP contribution in [-0.2, 0) is 38.1 Å². The number of carboxylic acid groups (broad SMARTS) is 2. The number of aryl methyl sites for hydroxylation is 3. The van der Waals surface area contributed by atoms with Crippen LogP contribution in [0.5, 0.6) is 0 Å². The number of carboxylic acids is 2. The quantitative estimate of drug-likeness (QED) is 0.0204. The van der Waals surface area contributed by atoms with Crippen LogP contribution in [-0.4, -0.2) is 156 Å². The number of ketones is 5. The van der Waals surface area contributed by atoms with Crippen LogP contribution in [0.3, 0.4) is 0 Å². The number of nitrogens with two attached hydrogens (primary N) is 2. The van der Waals surface area contributed by atoms with Crippen LogP contribution in [0.2, 0.25) is 25.1 Å². The molecule has 0 unspecified atom stereocenters. The maximum Gasteiger partial charge on any atom is 1.00 e. The van der Waals surface area contributed by atoms with Gasteiger partial charge in [0.1, 0.15) is 44.7 Å². The molecule has 0 aliphatic carbocycles. The van der Waals surface area contributed by atoms with E-state index in [2.05, 4.69) is 10.6 Å². The summed E-state index contributed by atoms with van der Waals surface area (Å²) in [6, 6.07) is 32.0. The minimum absolute atomic E-state index is 0. The monoisotopic (exact) mass is 1860 g/mol. The summed E-state index contributed by atoms with van der Waals surface area (Å²) in [6.45, 7) is 33.8. The van der Waals surface area contributed by atoms with Crippen molar-refractivity contribution in [1.82, 2.24) is 9.80 Å². The molecule has 0 saturated carbocycles. The zero-order valence-corrected chi connectivity index (χ0v) is 79.3. The van der Waals surface area contributed by atoms with Gasteiger partial charge in [-0.25, -0.2) is 14.4 Å². The number of hydrogen-bond acceptors (Lipinski definition) is 23. The third-order valence-electron chi connectivity index (χ3n) is 16.6. The third-order valence-corrected chi connectivity index (χ3v) is 21.4. The fraction of sp³-hybridized carbons (Fsp3) is 0.353. The van der Waals surface area contributed by atoms with Gasteiger partial charge in [0.2, 0.25) is 11.8 Å². The van der Waals surface area contributed by atoms with E-state index < -0.39 is 83.3 Å². The predicted molar refractivity (Wildman–Crippen MR) is 472 cm³/mol. The molecule has 8 aromatic rings. The number of ether oxygens (including phenoxy) is 4. The van der Waals surface area contributed by atoms with Crippen molar-refractivity contribution in [1.29, 1.82) is 10.5 Å². The number of alkyl halides is 1. The number of Topliss-reactive ketones (excluding diaryl/α,β-unsaturated/α-hetero) is 2. The summed E-state index contributed by atoms with van der Waals surface area (Å²) in [5.41, 5.74) is 14.8. The molecule has 0 bridgehead atoms. The van der Waals surface area contributed by atoms with Gasteiger partial charge in [-0.1, -0.05) is 65.4 Å². The van der Waals surface area contributed by atoms with Gasteiger partial charge in [0.15, 0.2) is 35.0 Å². The van der Waals surface area contributed by atoms with Crippen LogP contribution < -0.4 is 73.5 Å². The summed E-state index contributed by atoms with van der Waals surface area (Å²) >= 11 is 38.2. The number of aliphatic carboxylic acids is 2. The number of nitrogens with zero attached hydrogens (tertiary/aromatic N) is 4. The molecule has 3 aromatic heterocycles. The summed E-state index contributed by atoms with van der Waals surface area (Å²) in [4.78, 5) is 136. The number of thiophene rings is 3. The Hall–Kier alpha value is -8.03. The van der Waals surface area contributed by atoms with Crippen molar-refractivity contribution in [2.24, 2.45) is 5.73 Å². The van der Waals surface area contributed by atoms with Gasteiger partial charge in [-0.05, 0) is 249 Å². The Kier molecular flexibility index (Phi) is 46.5. The van der Waals surface area contributed by atoms with E-state index in [9.17, 15) is 47.9 Å². The van der Waals surface area contributed by atoms with Gasteiger partial charge in [0.25, 0.3) is 5.97 Å². The Morgan fingerprint density at radius 1 is 0.545 bits per heavy atom. The standard InChI is InChI=1S/C24H29ClN2O5S.C16H17ClN2O3S.C13H12ClNOS.C11H19NO5.C9H6ClNO.C8H6Cl2O.C2H4O2.CN.CH4.K/c1-13-14(2)33-21(18(13)19(28)15-8-10-16(25)11-9-15)26-20(29)17-12-31-24(6,7)27(17)22(30)32-23(3,4)5;1-8-9(2)23-16(19-15(22)12(18)7-20)13(8)14(21)10-3-5-11(17)6-4-10;1-7-8(2)17-13(15)11(7)12(16)9-3-5-10(14)6-4-9;1-10(2,3)17-9(15)12-7(8(13)14)6-16-11(12,4)5;10-8-3-1-7(2-4-8)9(12)5-6-11;9-5-8(11)6-1-3-7(10)4-2-6;1-2(3)4;1-2;;/h8-11,17H,12H2,1-7H3,(H,26,29);3-6,12,20H,7,18H2,1-2H3,(H,19,22);3-6H,15H2,1-2H3;7H,6H2,1-5H3,(H,13,14);1-4H,5H2;1-4H,5H2;1H3,(H,3,4);;1H4;/q;;;;;;;-1;;+1/t17-;12-;;7-;;;;;;/m00.0....../s1. The van der Waals surface area contributed by atoms with Gasteiger partial charge in [-0.2, -0.15) is 5.26 Å². The van der Waals surface area contributed by atoms with E-state index in [0.29, 0.717) is 84.6 Å². The SMILES string of the molecule is C.CC(=O)O.CC(C)(C)OC(=O)N1[C@H](C(=O)O)COC1(C)C.Cc1sc(N)c(C(=O)c2ccc(Cl)cc2)c1C.Cc1sc(NC(=O)[C@@H](N)CO)c(C(=O)c2ccc(Cl)cc2)c1C.Cc1sc(NC(=O)[C@@H]2COC(C)(C)N2C(=O)OC(C)(C)C)c(C(=O)c2ccc(Cl)cc2)c1C.N#CCC(=O)c1ccc(Cl)cc1.O=C(CCl)c1ccc(Cl)cc1.[C-]#N.[K+]. The van der Waals surface area contributed by atoms with Crippen LogP contribution >= 0.6 is 104 Å². The second-order valence-corrected chi connectivity index (χ2v) is 34.9. The molecule has 5 aromatic carbocycles. The molecular formula is C85H97Cl6KN8O18S3. The van der Waals surface area contributed by atoms with Gasteiger partial charge in [0.05, 0.1) is 59.9 Å². The molecule has 4 amide bonds. The van der Waals surface area contributed by atoms with Crippen molar-refractivity contribution in [2.45, 2.75) is 172 Å². The maximum atomic E-state index is 13.3. The smallest absolute Gasteiger partial charge is 0.512 e. The van der Waals surface area contributed by atoms with E-state index in [4.69, 9.17) is 137 Å². The first-order valence-electron chi connectivity index (χ1n) is 35.7. The Bertz CT molecular complexity index is 4980. The largest absolute Gasteiger partial charge is 1.00 e. The van der Waals surface area contributed by atoms with Crippen LogP contribution in [0.1, 0.15) is 190 Å². The first kappa shape index (κ1) is 111. The average molecular weight is 1870 g/mol. The number of rotatable bonds is 16. The Balaban J connectivity index is 0.000000740. The molecule has 3 atom stereocenters. The van der Waals surface area contributed by atoms with Crippen molar-refractivity contribution in [2.75, 3.05) is 42.1 Å². The van der Waals surface area contributed by atoms with E-state index in [1.165, 1.54) is 38.9 Å². The summed E-state index contributed by atoms with van der Waals surface area (Å²) in [6.07, 6.45) is -1.39. The number of aliphatic hydroxyl groups excluding tert-OH is 1. The Morgan fingerprint density at radius 3 is 1.13 bits per heavy atom. The van der Waals surface area contributed by atoms with Gasteiger partial charge in [-0.15, -0.1) is 45.6 Å². The Morgan fingerprint density at radius 2 is 0.835 bits per heavy atom. The first-order valence-corrected chi connectivity index (χ1v) is 40.6. The fourth-order valence-electron chi connectivity index (χ4n) is 10.4. The topological polar surface area (TPSA) is 416 Å². The molecule has 2 saturated heterocycles. The van der Waals surface area contributed by atoms with Gasteiger partial charge in [-0.3, -0.25) is 48.2 Å². The summed E-state index contributed by atoms with van der Waals surface area (Å²) in [7, 11) is 0. The van der Waals surface area contributed by atoms with Crippen molar-refractivity contribution < 1.29 is 138 Å². The van der Waals surface area contributed by atoms with Gasteiger partial charge < -0.3 is 68.2 Å². The molecule has 0 radical (unpaired) electrons. The number of nitriles is 1. The number of carbonyl (C=O) groups is 11. The van der Waals surface area contributed by atoms with E-state index in [1.54, 1.807) is 197 Å². The van der Waals surface area contributed by atoms with Gasteiger partial charge >= 0.3 is 69.5 Å². The molecule has 5 heterocycles.